The monoisotopic (exact) mass is 624 g/mol. The van der Waals surface area contributed by atoms with E-state index in [1.165, 1.54) is 13.8 Å². The van der Waals surface area contributed by atoms with Gasteiger partial charge in [0, 0.05) is 31.6 Å². The van der Waals surface area contributed by atoms with E-state index in [4.69, 9.17) is 23.4 Å². The number of ether oxygens (including phenoxy) is 4. The quantitative estimate of drug-likeness (QED) is 0.174. The first-order valence-electron chi connectivity index (χ1n) is 15.4. The molecule has 43 heavy (non-hydrogen) atoms. The molecule has 3 fully saturated rings. The van der Waals surface area contributed by atoms with Crippen molar-refractivity contribution >= 4 is 32.2 Å². The van der Waals surface area contributed by atoms with Gasteiger partial charge in [-0.2, -0.15) is 0 Å². The lowest BCUT2D eigenvalue weighted by Crippen LogP contribution is -2.77. The third kappa shape index (κ3) is 4.87. The molecule has 0 aromatic carbocycles. The summed E-state index contributed by atoms with van der Waals surface area (Å²) in [6, 6.07) is 2.24. The van der Waals surface area contributed by atoms with E-state index in [1.54, 1.807) is 6.92 Å². The molecule has 2 bridgehead atoms. The minimum absolute atomic E-state index is 0.159. The number of ketones is 1. The predicted octanol–water partition coefficient (Wildman–Crippen LogP) is 3.98. The summed E-state index contributed by atoms with van der Waals surface area (Å²) in [5.74, 6) is -3.26. The minimum Gasteiger partial charge on any atom is -0.463 e. The topological polar surface area (TPSA) is 155 Å². The third-order valence-corrected chi connectivity index (χ3v) is 16.0. The van der Waals surface area contributed by atoms with Crippen LogP contribution in [0.1, 0.15) is 81.6 Å². The molecule has 0 aromatic rings. The lowest BCUT2D eigenvalue weighted by Gasteiger charge is -2.63. The predicted molar refractivity (Wildman–Crippen MR) is 156 cm³/mol. The number of hydrogen-bond acceptors (Lipinski definition) is 11. The van der Waals surface area contributed by atoms with E-state index in [-0.39, 0.29) is 6.42 Å². The van der Waals surface area contributed by atoms with E-state index >= 15 is 4.79 Å². The van der Waals surface area contributed by atoms with Gasteiger partial charge in [-0.1, -0.05) is 40.2 Å². The number of esters is 2. The lowest BCUT2D eigenvalue weighted by atomic mass is 9.45. The van der Waals surface area contributed by atoms with Gasteiger partial charge < -0.3 is 33.6 Å². The van der Waals surface area contributed by atoms with Crippen LogP contribution < -0.4 is 0 Å². The van der Waals surface area contributed by atoms with Crippen LogP contribution in [-0.2, 0) is 37.8 Å². The number of aliphatic hydroxyl groups is 2. The zero-order valence-electron chi connectivity index (χ0n) is 26.9. The lowest BCUT2D eigenvalue weighted by molar-refractivity contribution is -0.263. The fourth-order valence-electron chi connectivity index (χ4n) is 8.61. The first-order chi connectivity index (χ1) is 19.9. The van der Waals surface area contributed by atoms with Crippen molar-refractivity contribution in [3.05, 3.63) is 11.1 Å². The third-order valence-electron chi connectivity index (χ3n) is 11.3. The van der Waals surface area contributed by atoms with E-state index in [0.29, 0.717) is 18.4 Å². The largest absolute Gasteiger partial charge is 0.509 e. The van der Waals surface area contributed by atoms with Crippen molar-refractivity contribution < 1.29 is 52.8 Å². The van der Waals surface area contributed by atoms with Gasteiger partial charge in [0.1, 0.15) is 12.2 Å². The van der Waals surface area contributed by atoms with Crippen molar-refractivity contribution in [1.29, 1.82) is 0 Å². The van der Waals surface area contributed by atoms with Gasteiger partial charge in [-0.25, -0.2) is 4.79 Å². The van der Waals surface area contributed by atoms with Crippen LogP contribution in [-0.4, -0.2) is 84.6 Å². The van der Waals surface area contributed by atoms with Gasteiger partial charge in [-0.05, 0) is 50.4 Å². The van der Waals surface area contributed by atoms with E-state index in [9.17, 15) is 24.6 Å². The molecule has 11 nitrogen and oxygen atoms in total. The van der Waals surface area contributed by atoms with Crippen LogP contribution in [0, 0.1) is 16.7 Å². The van der Waals surface area contributed by atoms with Crippen LogP contribution in [0.3, 0.4) is 0 Å². The zero-order chi connectivity index (χ0) is 32.3. The Hall–Kier alpha value is -2.28. The van der Waals surface area contributed by atoms with Gasteiger partial charge in [0.05, 0.1) is 17.6 Å². The summed E-state index contributed by atoms with van der Waals surface area (Å²) < 4.78 is 30.2. The van der Waals surface area contributed by atoms with Crippen molar-refractivity contribution in [2.45, 2.75) is 135 Å². The fourth-order valence-corrected chi connectivity index (χ4v) is 11.6. The van der Waals surface area contributed by atoms with E-state index in [1.807, 2.05) is 41.5 Å². The van der Waals surface area contributed by atoms with E-state index in [0.717, 1.165) is 23.7 Å². The highest BCUT2D eigenvalue weighted by atomic mass is 28.4. The highest BCUT2D eigenvalue weighted by molar-refractivity contribution is 6.73. The van der Waals surface area contributed by atoms with Crippen molar-refractivity contribution in [3.63, 3.8) is 0 Å². The SMILES string of the molecule is CC[Si](CC)(CC)O[C@H]1C[C@H](O)[C@@](O)(COC(C)=O)[C@H]2[C@@H]3OC(=O)O[C@]34CCC(C)=C([C@@H](OC(C)=O)C(=O)[C@]12C)C4(C)C. The van der Waals surface area contributed by atoms with Gasteiger partial charge in [0.2, 0.25) is 0 Å². The second kappa shape index (κ2) is 11.3. The zero-order valence-corrected chi connectivity index (χ0v) is 27.9. The summed E-state index contributed by atoms with van der Waals surface area (Å²) >= 11 is 0. The van der Waals surface area contributed by atoms with Gasteiger partial charge in [-0.3, -0.25) is 14.4 Å². The summed E-state index contributed by atoms with van der Waals surface area (Å²) in [5, 5.41) is 24.2. The van der Waals surface area contributed by atoms with Crippen molar-refractivity contribution in [2.75, 3.05) is 6.61 Å². The molecule has 4 aliphatic rings. The molecule has 0 unspecified atom stereocenters. The van der Waals surface area contributed by atoms with E-state index in [2.05, 4.69) is 0 Å². The number of carbonyl (C=O) groups is 4. The van der Waals surface area contributed by atoms with Crippen LogP contribution >= 0.6 is 0 Å². The van der Waals surface area contributed by atoms with Crippen LogP contribution in [0.5, 0.6) is 0 Å². The maximum absolute atomic E-state index is 15.2. The van der Waals surface area contributed by atoms with E-state index < -0.39 is 91.2 Å². The Kier molecular flexibility index (Phi) is 8.80. The van der Waals surface area contributed by atoms with Crippen LogP contribution in [0.2, 0.25) is 18.1 Å². The molecule has 4 rings (SSSR count). The number of allylic oxidation sites excluding steroid dienone is 1. The molecule has 0 radical (unpaired) electrons. The maximum atomic E-state index is 15.2. The molecule has 1 aliphatic heterocycles. The summed E-state index contributed by atoms with van der Waals surface area (Å²) in [7, 11) is -2.46. The number of Topliss-reactive ketones (excluding diaryl/α,β-unsaturated/α-hetero) is 1. The molecule has 1 heterocycles. The van der Waals surface area contributed by atoms with Crippen molar-refractivity contribution in [3.8, 4) is 0 Å². The van der Waals surface area contributed by atoms with Crippen LogP contribution in [0.25, 0.3) is 0 Å². The first-order valence-corrected chi connectivity index (χ1v) is 18.0. The second-order valence-electron chi connectivity index (χ2n) is 13.6. The number of aliphatic hydroxyl groups excluding tert-OH is 1. The van der Waals surface area contributed by atoms with Gasteiger partial charge in [0.15, 0.2) is 31.9 Å². The molecule has 242 valence electrons. The highest BCUT2D eigenvalue weighted by Gasteiger charge is 2.77. The molecule has 2 N–H and O–H groups in total. The average Bonchev–Trinajstić information content (AvgIpc) is 3.26. The summed E-state index contributed by atoms with van der Waals surface area (Å²) in [4.78, 5) is 53.0. The number of fused-ring (bicyclic) bond motifs is 3. The van der Waals surface area contributed by atoms with Gasteiger partial charge >= 0.3 is 18.1 Å². The molecule has 1 saturated heterocycles. The maximum Gasteiger partial charge on any atom is 0.509 e. The Labute approximate surface area is 254 Å². The first kappa shape index (κ1) is 33.6. The Balaban J connectivity index is 2.10. The van der Waals surface area contributed by atoms with Crippen LogP contribution in [0.4, 0.5) is 4.79 Å². The molecule has 0 amide bonds. The average molecular weight is 625 g/mol. The molecule has 12 heteroatoms. The number of hydrogen-bond donors (Lipinski definition) is 2. The standard InChI is InChI=1S/C31H48O11Si/c1-10-43(11-2,12-3)42-21-15-20(34)30(37,16-38-18(5)32)24-26-31(41-27(36)40-26)14-13-17(4)22(28(31,7)8)23(39-19(6)33)25(35)29(21,24)9/h20-21,23-24,26,34,37H,10-16H2,1-9H3/t20-,21-,23+,24-,26-,29+,30-,31+/m0/s1. The number of carbonyl (C=O) groups excluding carboxylic acids is 4. The molecular weight excluding hydrogens is 576 g/mol. The summed E-state index contributed by atoms with van der Waals surface area (Å²) in [5.41, 5.74) is -5.08. The summed E-state index contributed by atoms with van der Waals surface area (Å²) in [6.45, 7) is 15.0. The second-order valence-corrected chi connectivity index (χ2v) is 18.3. The van der Waals surface area contributed by atoms with Gasteiger partial charge in [-0.15, -0.1) is 0 Å². The van der Waals surface area contributed by atoms with Crippen LogP contribution in [0.15, 0.2) is 11.1 Å². The molecule has 8 atom stereocenters. The molecule has 3 aliphatic carbocycles. The molecule has 0 aromatic heterocycles. The Bertz CT molecular complexity index is 1200. The normalized spacial score (nSPS) is 38.6. The Morgan fingerprint density at radius 1 is 1.05 bits per heavy atom. The fraction of sp³-hybridized carbons (Fsp3) is 0.806. The molecule has 1 spiro atoms. The number of rotatable bonds is 8. The van der Waals surface area contributed by atoms with Crippen molar-refractivity contribution in [1.82, 2.24) is 0 Å². The smallest absolute Gasteiger partial charge is 0.463 e. The highest BCUT2D eigenvalue weighted by Crippen LogP contribution is 2.65. The minimum atomic E-state index is -2.46. The van der Waals surface area contributed by atoms with Gasteiger partial charge in [0.25, 0.3) is 0 Å². The summed E-state index contributed by atoms with van der Waals surface area (Å²) in [6.07, 6.45) is -5.51. The Morgan fingerprint density at radius 2 is 1.65 bits per heavy atom. The Morgan fingerprint density at radius 3 is 2.19 bits per heavy atom. The molecule has 2 saturated carbocycles. The molecular formula is C31H48O11Si. The van der Waals surface area contributed by atoms with Crippen molar-refractivity contribution in [2.24, 2.45) is 16.7 Å².